The van der Waals surface area contributed by atoms with E-state index in [9.17, 15) is 22.4 Å². The summed E-state index contributed by atoms with van der Waals surface area (Å²) in [4.78, 5) is 25.8. The van der Waals surface area contributed by atoms with Crippen LogP contribution < -0.4 is 0 Å². The summed E-state index contributed by atoms with van der Waals surface area (Å²) in [5.41, 5.74) is 1.25. The lowest BCUT2D eigenvalue weighted by Crippen LogP contribution is -2.44. The fourth-order valence-electron chi connectivity index (χ4n) is 3.05. The number of hydrogen-bond acceptors (Lipinski definition) is 4. The lowest BCUT2D eigenvalue weighted by molar-refractivity contribution is -0.192. The number of hydrogen-bond donors (Lipinski definition) is 1. The molecule has 0 unspecified atom stereocenters. The smallest absolute Gasteiger partial charge is 0.475 e. The molecule has 1 aromatic carbocycles. The van der Waals surface area contributed by atoms with Crippen LogP contribution >= 0.6 is 0 Å². The highest BCUT2D eigenvalue weighted by molar-refractivity contribution is 5.95. The molecule has 1 aliphatic heterocycles. The predicted molar refractivity (Wildman–Crippen MR) is 103 cm³/mol. The number of carbonyl (C=O) groups is 2. The van der Waals surface area contributed by atoms with E-state index in [1.807, 2.05) is 19.0 Å². The first kappa shape index (κ1) is 25.8. The van der Waals surface area contributed by atoms with E-state index < -0.39 is 12.1 Å². The third-order valence-corrected chi connectivity index (χ3v) is 4.85. The van der Waals surface area contributed by atoms with Crippen LogP contribution in [0.1, 0.15) is 29.3 Å². The maximum atomic E-state index is 13.3. The highest BCUT2D eigenvalue weighted by atomic mass is 19.4. The molecular formula is C20H28F4N2O4. The van der Waals surface area contributed by atoms with Crippen LogP contribution in [0.25, 0.3) is 0 Å². The zero-order chi connectivity index (χ0) is 23.1. The van der Waals surface area contributed by atoms with Crippen molar-refractivity contribution in [3.8, 4) is 0 Å². The maximum absolute atomic E-state index is 13.3. The van der Waals surface area contributed by atoms with E-state index in [1.165, 1.54) is 12.1 Å². The van der Waals surface area contributed by atoms with Gasteiger partial charge in [0.25, 0.3) is 5.91 Å². The molecule has 170 valence electrons. The van der Waals surface area contributed by atoms with E-state index in [0.29, 0.717) is 36.8 Å². The number of rotatable bonds is 4. The highest BCUT2D eigenvalue weighted by Gasteiger charge is 2.38. The lowest BCUT2D eigenvalue weighted by Gasteiger charge is -2.32. The molecule has 30 heavy (non-hydrogen) atoms. The van der Waals surface area contributed by atoms with Crippen LogP contribution in [0.2, 0.25) is 0 Å². The van der Waals surface area contributed by atoms with E-state index in [4.69, 9.17) is 14.6 Å². The molecule has 1 heterocycles. The molecule has 0 aliphatic carbocycles. The van der Waals surface area contributed by atoms with Gasteiger partial charge in [-0.15, -0.1) is 0 Å². The number of carbonyl (C=O) groups excluding carboxylic acids is 1. The molecule has 1 aliphatic rings. The minimum atomic E-state index is -5.08. The van der Waals surface area contributed by atoms with Crippen molar-refractivity contribution >= 4 is 11.9 Å². The minimum absolute atomic E-state index is 0.0321. The largest absolute Gasteiger partial charge is 0.490 e. The first-order valence-corrected chi connectivity index (χ1v) is 9.44. The zero-order valence-electron chi connectivity index (χ0n) is 17.5. The molecule has 1 saturated heterocycles. The number of nitrogens with zero attached hydrogens (tertiary/aromatic N) is 2. The molecule has 2 rings (SSSR count). The Labute approximate surface area is 173 Å². The summed E-state index contributed by atoms with van der Waals surface area (Å²) in [6.07, 6.45) is -4.10. The second-order valence-electron chi connectivity index (χ2n) is 7.43. The standard InChI is InChI=1S/C18H27FN2O2.C2HF3O2/c1-13-11-16(19)5-6-17(13)18(22)21-9-10-23-12-15(14(21)2)7-8-20(3)4;3-2(4,5)1(6)7/h5-6,11,14-15H,7-10,12H2,1-4H3;(H,6,7)/t14-,15+;/m0./s1. The second-order valence-corrected chi connectivity index (χ2v) is 7.43. The van der Waals surface area contributed by atoms with Gasteiger partial charge in [-0.05, 0) is 64.7 Å². The summed E-state index contributed by atoms with van der Waals surface area (Å²) in [6, 6.07) is 4.45. The van der Waals surface area contributed by atoms with Crippen LogP contribution in [-0.2, 0) is 9.53 Å². The summed E-state index contributed by atoms with van der Waals surface area (Å²) in [7, 11) is 4.10. The second kappa shape index (κ2) is 11.3. The topological polar surface area (TPSA) is 70.1 Å². The molecular weight excluding hydrogens is 408 g/mol. The van der Waals surface area contributed by atoms with E-state index in [0.717, 1.165) is 13.0 Å². The monoisotopic (exact) mass is 436 g/mol. The Morgan fingerprint density at radius 1 is 1.30 bits per heavy atom. The SMILES string of the molecule is Cc1cc(F)ccc1C(=O)N1CCOC[C@@H](CCN(C)C)[C@@H]1C.O=C(O)C(F)(F)F. The number of aliphatic carboxylic acids is 1. The number of alkyl halides is 3. The summed E-state index contributed by atoms with van der Waals surface area (Å²) in [5.74, 6) is -2.79. The molecule has 0 radical (unpaired) electrons. The maximum Gasteiger partial charge on any atom is 0.490 e. The summed E-state index contributed by atoms with van der Waals surface area (Å²) >= 11 is 0. The average molecular weight is 436 g/mol. The molecule has 0 spiro atoms. The van der Waals surface area contributed by atoms with Gasteiger partial charge in [0.05, 0.1) is 13.2 Å². The Balaban J connectivity index is 0.000000553. The van der Waals surface area contributed by atoms with E-state index >= 15 is 0 Å². The number of amides is 1. The van der Waals surface area contributed by atoms with Crippen LogP contribution in [0.5, 0.6) is 0 Å². The number of carboxylic acids is 1. The highest BCUT2D eigenvalue weighted by Crippen LogP contribution is 2.22. The van der Waals surface area contributed by atoms with Gasteiger partial charge in [-0.3, -0.25) is 4.79 Å². The van der Waals surface area contributed by atoms with Gasteiger partial charge in [-0.2, -0.15) is 13.2 Å². The summed E-state index contributed by atoms with van der Waals surface area (Å²) in [6.45, 7) is 6.64. The molecule has 10 heteroatoms. The first-order chi connectivity index (χ1) is 13.8. The average Bonchev–Trinajstić information content (AvgIpc) is 2.80. The van der Waals surface area contributed by atoms with Crippen molar-refractivity contribution < 1.29 is 37.0 Å². The van der Waals surface area contributed by atoms with Crippen molar-refractivity contribution in [3.63, 3.8) is 0 Å². The predicted octanol–water partition coefficient (Wildman–Crippen LogP) is 3.20. The Hall–Kier alpha value is -2.20. The summed E-state index contributed by atoms with van der Waals surface area (Å²) in [5, 5.41) is 7.12. The van der Waals surface area contributed by atoms with Gasteiger partial charge in [0.1, 0.15) is 5.82 Å². The third kappa shape index (κ3) is 7.91. The number of ether oxygens (including phenoxy) is 1. The molecule has 1 aromatic rings. The van der Waals surface area contributed by atoms with Crippen molar-refractivity contribution in [2.75, 3.05) is 40.4 Å². The summed E-state index contributed by atoms with van der Waals surface area (Å²) < 4.78 is 50.7. The van der Waals surface area contributed by atoms with Gasteiger partial charge in [0.15, 0.2) is 0 Å². The van der Waals surface area contributed by atoms with Gasteiger partial charge in [0.2, 0.25) is 0 Å². The van der Waals surface area contributed by atoms with Gasteiger partial charge < -0.3 is 19.6 Å². The number of halogens is 4. The van der Waals surface area contributed by atoms with Crippen molar-refractivity contribution in [2.45, 2.75) is 32.5 Å². The Bertz CT molecular complexity index is 725. The van der Waals surface area contributed by atoms with Crippen LogP contribution in [0, 0.1) is 18.7 Å². The van der Waals surface area contributed by atoms with Crippen molar-refractivity contribution in [1.82, 2.24) is 9.80 Å². The van der Waals surface area contributed by atoms with Gasteiger partial charge >= 0.3 is 12.1 Å². The van der Waals surface area contributed by atoms with Crippen LogP contribution in [0.3, 0.4) is 0 Å². The molecule has 1 N–H and O–H groups in total. The van der Waals surface area contributed by atoms with Crippen molar-refractivity contribution in [2.24, 2.45) is 5.92 Å². The molecule has 1 amide bonds. The number of benzene rings is 1. The quantitative estimate of drug-likeness (QED) is 0.735. The molecule has 1 fully saturated rings. The van der Waals surface area contributed by atoms with E-state index in [2.05, 4.69) is 11.8 Å². The van der Waals surface area contributed by atoms with Crippen LogP contribution in [0.15, 0.2) is 18.2 Å². The van der Waals surface area contributed by atoms with Crippen molar-refractivity contribution in [1.29, 1.82) is 0 Å². The van der Waals surface area contributed by atoms with Gasteiger partial charge in [-0.25, -0.2) is 9.18 Å². The fourth-order valence-corrected chi connectivity index (χ4v) is 3.05. The molecule has 0 bridgehead atoms. The van der Waals surface area contributed by atoms with E-state index in [1.54, 1.807) is 13.0 Å². The normalized spacial score (nSPS) is 19.7. The van der Waals surface area contributed by atoms with Gasteiger partial charge in [0, 0.05) is 24.1 Å². The third-order valence-electron chi connectivity index (χ3n) is 4.85. The fraction of sp³-hybridized carbons (Fsp3) is 0.600. The molecule has 0 saturated carbocycles. The Morgan fingerprint density at radius 2 is 1.90 bits per heavy atom. The zero-order valence-corrected chi connectivity index (χ0v) is 17.5. The first-order valence-electron chi connectivity index (χ1n) is 9.44. The lowest BCUT2D eigenvalue weighted by atomic mass is 9.96. The molecule has 2 atom stereocenters. The van der Waals surface area contributed by atoms with Crippen LogP contribution in [-0.4, -0.2) is 79.4 Å². The minimum Gasteiger partial charge on any atom is -0.475 e. The number of carboxylic acid groups (broad SMARTS) is 1. The van der Waals surface area contributed by atoms with E-state index in [-0.39, 0.29) is 17.8 Å². The molecule has 6 nitrogen and oxygen atoms in total. The number of aryl methyl sites for hydroxylation is 1. The Morgan fingerprint density at radius 3 is 2.40 bits per heavy atom. The van der Waals surface area contributed by atoms with Crippen LogP contribution in [0.4, 0.5) is 17.6 Å². The van der Waals surface area contributed by atoms with Gasteiger partial charge in [-0.1, -0.05) is 0 Å². The Kier molecular flexibility index (Phi) is 9.70. The molecule has 0 aromatic heterocycles. The van der Waals surface area contributed by atoms with Crippen molar-refractivity contribution in [3.05, 3.63) is 35.1 Å².